The Morgan fingerprint density at radius 3 is 2.60 bits per heavy atom. The van der Waals surface area contributed by atoms with Crippen LogP contribution in [0.25, 0.3) is 0 Å². The van der Waals surface area contributed by atoms with Gasteiger partial charge in [-0.25, -0.2) is 0 Å². The molecule has 0 saturated heterocycles. The van der Waals surface area contributed by atoms with Crippen molar-refractivity contribution < 1.29 is 8.98 Å². The molecule has 3 nitrogen and oxygen atoms in total. The molecule has 2 rings (SSSR count). The highest BCUT2D eigenvalue weighted by Gasteiger charge is 2.14. The molecule has 0 bridgehead atoms. The molecular formula is C11H9NO2S. The Kier molecular flexibility index (Phi) is 2.78. The van der Waals surface area contributed by atoms with Crippen LogP contribution in [-0.2, 0) is 4.18 Å². The van der Waals surface area contributed by atoms with E-state index < -0.39 is 0 Å². The van der Waals surface area contributed by atoms with Crippen molar-refractivity contribution in [2.75, 3.05) is 5.73 Å². The normalized spacial score (nSPS) is 14.3. The van der Waals surface area contributed by atoms with Gasteiger partial charge in [-0.05, 0) is 36.4 Å². The number of anilines is 1. The van der Waals surface area contributed by atoms with Crippen LogP contribution in [0.15, 0.2) is 47.6 Å². The molecule has 1 aromatic carbocycles. The Hall–Kier alpha value is -1.68. The Bertz CT molecular complexity index is 434. The van der Waals surface area contributed by atoms with Gasteiger partial charge in [0, 0.05) is 11.3 Å². The fraction of sp³-hybridized carbons (Fsp3) is 0. The number of rotatable bonds is 2. The first kappa shape index (κ1) is 9.86. The number of hydrogen-bond acceptors (Lipinski definition) is 4. The van der Waals surface area contributed by atoms with Gasteiger partial charge in [0.05, 0.1) is 16.9 Å². The van der Waals surface area contributed by atoms with Gasteiger partial charge in [-0.15, -0.1) is 0 Å². The van der Waals surface area contributed by atoms with Crippen molar-refractivity contribution in [1.29, 1.82) is 0 Å². The van der Waals surface area contributed by atoms with Gasteiger partial charge in [0.25, 0.3) is 0 Å². The molecule has 0 atom stereocenters. The van der Waals surface area contributed by atoms with Crippen LogP contribution < -0.4 is 5.73 Å². The van der Waals surface area contributed by atoms with Crippen LogP contribution in [-0.4, -0.2) is 5.78 Å². The van der Waals surface area contributed by atoms with E-state index in [0.717, 1.165) is 12.0 Å². The predicted molar refractivity (Wildman–Crippen MR) is 61.1 cm³/mol. The van der Waals surface area contributed by atoms with E-state index in [2.05, 4.69) is 0 Å². The number of nitrogen functional groups attached to an aromatic ring is 1. The lowest BCUT2D eigenvalue weighted by molar-refractivity contribution is 0.104. The Labute approximate surface area is 91.8 Å². The summed E-state index contributed by atoms with van der Waals surface area (Å²) < 4.78 is 4.97. The highest BCUT2D eigenvalue weighted by Crippen LogP contribution is 2.25. The molecule has 15 heavy (non-hydrogen) atoms. The zero-order valence-corrected chi connectivity index (χ0v) is 8.66. The maximum Gasteiger partial charge on any atom is 0.202 e. The monoisotopic (exact) mass is 219 g/mol. The fourth-order valence-electron chi connectivity index (χ4n) is 1.16. The summed E-state index contributed by atoms with van der Waals surface area (Å²) in [6.07, 6.45) is 4.96. The van der Waals surface area contributed by atoms with Crippen LogP contribution in [0.1, 0.15) is 10.4 Å². The van der Waals surface area contributed by atoms with Crippen molar-refractivity contribution >= 4 is 23.5 Å². The minimum atomic E-state index is -0.0515. The molecule has 0 radical (unpaired) electrons. The van der Waals surface area contributed by atoms with E-state index >= 15 is 0 Å². The van der Waals surface area contributed by atoms with Gasteiger partial charge in [0.15, 0.2) is 0 Å². The third-order valence-electron chi connectivity index (χ3n) is 1.92. The number of Topliss-reactive ketones (excluding diaryl/α,β-unsaturated/α-hetero) is 1. The summed E-state index contributed by atoms with van der Waals surface area (Å²) in [5.74, 6) is -0.0515. The number of allylic oxidation sites excluding steroid dienone is 3. The van der Waals surface area contributed by atoms with Gasteiger partial charge < -0.3 is 9.92 Å². The largest absolute Gasteiger partial charge is 0.428 e. The summed E-state index contributed by atoms with van der Waals surface area (Å²) >= 11 is 1.06. The van der Waals surface area contributed by atoms with Gasteiger partial charge in [0.2, 0.25) is 5.78 Å². The molecule has 0 aliphatic carbocycles. The molecule has 2 N–H and O–H groups in total. The van der Waals surface area contributed by atoms with Crippen LogP contribution in [0.3, 0.4) is 0 Å². The van der Waals surface area contributed by atoms with Crippen molar-refractivity contribution in [3.05, 3.63) is 53.1 Å². The summed E-state index contributed by atoms with van der Waals surface area (Å²) in [7, 11) is 0. The molecule has 0 fully saturated rings. The molecular weight excluding hydrogens is 210 g/mol. The van der Waals surface area contributed by atoms with Gasteiger partial charge in [-0.3, -0.25) is 4.79 Å². The molecule has 1 aliphatic rings. The average Bonchev–Trinajstić information content (AvgIpc) is 2.30. The van der Waals surface area contributed by atoms with Crippen molar-refractivity contribution in [3.8, 4) is 0 Å². The molecule has 0 aromatic heterocycles. The maximum atomic E-state index is 11.9. The predicted octanol–water partition coefficient (Wildman–Crippen LogP) is 2.53. The molecule has 0 amide bonds. The topological polar surface area (TPSA) is 52.3 Å². The second kappa shape index (κ2) is 4.23. The maximum absolute atomic E-state index is 11.9. The quantitative estimate of drug-likeness (QED) is 0.472. The summed E-state index contributed by atoms with van der Waals surface area (Å²) in [5, 5.41) is 0. The minimum Gasteiger partial charge on any atom is -0.428 e. The molecule has 1 aliphatic heterocycles. The van der Waals surface area contributed by atoms with E-state index in [9.17, 15) is 4.79 Å². The Balaban J connectivity index is 2.24. The highest BCUT2D eigenvalue weighted by molar-refractivity contribution is 7.99. The lowest BCUT2D eigenvalue weighted by Gasteiger charge is -2.07. The van der Waals surface area contributed by atoms with E-state index in [-0.39, 0.29) is 5.78 Å². The summed E-state index contributed by atoms with van der Waals surface area (Å²) in [4.78, 5) is 12.4. The number of benzene rings is 1. The zero-order chi connectivity index (χ0) is 10.7. The van der Waals surface area contributed by atoms with Crippen molar-refractivity contribution in [1.82, 2.24) is 0 Å². The van der Waals surface area contributed by atoms with Crippen LogP contribution in [0.5, 0.6) is 0 Å². The second-order valence-corrected chi connectivity index (χ2v) is 3.79. The van der Waals surface area contributed by atoms with Crippen LogP contribution in [0.2, 0.25) is 0 Å². The first-order chi connectivity index (χ1) is 7.27. The molecule has 1 aromatic rings. The van der Waals surface area contributed by atoms with Crippen molar-refractivity contribution in [2.45, 2.75) is 0 Å². The van der Waals surface area contributed by atoms with Gasteiger partial charge in [-0.2, -0.15) is 0 Å². The minimum absolute atomic E-state index is 0.0515. The van der Waals surface area contributed by atoms with Crippen molar-refractivity contribution in [3.63, 3.8) is 0 Å². The molecule has 76 valence electrons. The highest BCUT2D eigenvalue weighted by atomic mass is 32.2. The third kappa shape index (κ3) is 2.22. The number of ketones is 1. The number of carbonyl (C=O) groups excluding carboxylic acids is 1. The second-order valence-electron chi connectivity index (χ2n) is 2.99. The van der Waals surface area contributed by atoms with Crippen LogP contribution in [0, 0.1) is 0 Å². The van der Waals surface area contributed by atoms with E-state index in [4.69, 9.17) is 9.92 Å². The lowest BCUT2D eigenvalue weighted by atomic mass is 10.1. The zero-order valence-electron chi connectivity index (χ0n) is 7.84. The molecule has 0 unspecified atom stereocenters. The standard InChI is InChI=1S/C11H9NO2S/c12-9-5-3-8(4-6-9)11(13)10-2-1-7-14-15-10/h1-7H,12H2. The first-order valence-electron chi connectivity index (χ1n) is 4.38. The van der Waals surface area contributed by atoms with E-state index in [1.807, 2.05) is 0 Å². The van der Waals surface area contributed by atoms with Crippen LogP contribution >= 0.6 is 12.0 Å². The van der Waals surface area contributed by atoms with Gasteiger partial charge in [-0.1, -0.05) is 0 Å². The summed E-state index contributed by atoms with van der Waals surface area (Å²) in [6.45, 7) is 0. The lowest BCUT2D eigenvalue weighted by Crippen LogP contribution is -2.02. The van der Waals surface area contributed by atoms with Gasteiger partial charge in [0.1, 0.15) is 6.26 Å². The molecule has 0 saturated carbocycles. The fourth-order valence-corrected chi connectivity index (χ4v) is 1.71. The Morgan fingerprint density at radius 2 is 2.00 bits per heavy atom. The number of carbonyl (C=O) groups is 1. The van der Waals surface area contributed by atoms with E-state index in [1.54, 1.807) is 36.4 Å². The van der Waals surface area contributed by atoms with Crippen molar-refractivity contribution in [2.24, 2.45) is 0 Å². The molecule has 0 spiro atoms. The smallest absolute Gasteiger partial charge is 0.202 e. The summed E-state index contributed by atoms with van der Waals surface area (Å²) in [5.41, 5.74) is 6.80. The number of hydrogen-bond donors (Lipinski definition) is 1. The van der Waals surface area contributed by atoms with E-state index in [0.29, 0.717) is 16.2 Å². The molecule has 4 heteroatoms. The number of nitrogens with two attached hydrogens (primary N) is 1. The third-order valence-corrected chi connectivity index (χ3v) is 2.62. The molecule has 1 heterocycles. The Morgan fingerprint density at radius 1 is 1.27 bits per heavy atom. The summed E-state index contributed by atoms with van der Waals surface area (Å²) in [6, 6.07) is 6.82. The first-order valence-corrected chi connectivity index (χ1v) is 5.12. The SMILES string of the molecule is Nc1ccc(C(=O)C2=CC=COS2)cc1. The van der Waals surface area contributed by atoms with Gasteiger partial charge >= 0.3 is 0 Å². The van der Waals surface area contributed by atoms with E-state index in [1.165, 1.54) is 6.26 Å². The van der Waals surface area contributed by atoms with Crippen LogP contribution in [0.4, 0.5) is 5.69 Å². The average molecular weight is 219 g/mol.